The van der Waals surface area contributed by atoms with Crippen LogP contribution in [0.2, 0.25) is 5.02 Å². The van der Waals surface area contributed by atoms with Crippen LogP contribution in [-0.4, -0.2) is 5.91 Å². The predicted octanol–water partition coefficient (Wildman–Crippen LogP) is 3.92. The van der Waals surface area contributed by atoms with Gasteiger partial charge in [0.15, 0.2) is 0 Å². The second-order valence-corrected chi connectivity index (χ2v) is 4.68. The molecule has 20 heavy (non-hydrogen) atoms. The summed E-state index contributed by atoms with van der Waals surface area (Å²) in [4.78, 5) is 12.2. The summed E-state index contributed by atoms with van der Waals surface area (Å²) in [6, 6.07) is 14.2. The number of fused-ring (bicyclic) bond motifs is 1. The lowest BCUT2D eigenvalue weighted by molar-refractivity contribution is 0.1000. The third kappa shape index (κ3) is 2.10. The average Bonchev–Trinajstić information content (AvgIpc) is 2.79. The molecule has 1 amide bonds. The lowest BCUT2D eigenvalue weighted by Gasteiger charge is -2.05. The molecule has 0 aliphatic heterocycles. The normalized spacial score (nSPS) is 10.7. The first-order valence-corrected chi connectivity index (χ1v) is 6.37. The Hall–Kier alpha value is -2.46. The quantitative estimate of drug-likeness (QED) is 0.750. The van der Waals surface area contributed by atoms with Crippen LogP contribution in [0.15, 0.2) is 52.9 Å². The monoisotopic (exact) mass is 286 g/mol. The van der Waals surface area contributed by atoms with Crippen molar-refractivity contribution in [2.24, 2.45) is 0 Å². The average molecular weight is 287 g/mol. The second-order valence-electron chi connectivity index (χ2n) is 4.27. The Balaban J connectivity index is 1.97. The van der Waals surface area contributed by atoms with E-state index in [2.05, 4.69) is 5.32 Å². The van der Waals surface area contributed by atoms with E-state index in [-0.39, 0.29) is 5.76 Å². The van der Waals surface area contributed by atoms with Crippen molar-refractivity contribution in [3.05, 3.63) is 59.3 Å². The lowest BCUT2D eigenvalue weighted by Crippen LogP contribution is -2.12. The smallest absolute Gasteiger partial charge is 0.293 e. The fourth-order valence-electron chi connectivity index (χ4n) is 1.98. The Morgan fingerprint density at radius 2 is 1.80 bits per heavy atom. The highest BCUT2D eigenvalue weighted by atomic mass is 35.5. The van der Waals surface area contributed by atoms with E-state index in [1.54, 1.807) is 36.4 Å². The van der Waals surface area contributed by atoms with Gasteiger partial charge in [-0.2, -0.15) is 0 Å². The van der Waals surface area contributed by atoms with Crippen molar-refractivity contribution >= 4 is 39.9 Å². The Morgan fingerprint density at radius 3 is 2.55 bits per heavy atom. The summed E-state index contributed by atoms with van der Waals surface area (Å²) in [5.74, 6) is -0.335. The molecule has 0 saturated heterocycles. The van der Waals surface area contributed by atoms with E-state index in [1.807, 2.05) is 12.1 Å². The minimum Gasteiger partial charge on any atom is -0.449 e. The number of halogens is 1. The first-order chi connectivity index (χ1) is 9.66. The van der Waals surface area contributed by atoms with E-state index in [1.165, 1.54) is 0 Å². The molecule has 0 aliphatic carbocycles. The standard InChI is InChI=1S/C15H11ClN2O2/c16-10-6-2-3-7-11(10)18-15(19)14-13(17)9-5-1-4-8-12(9)20-14/h1-8H,17H2,(H,18,19). The van der Waals surface area contributed by atoms with Crippen LogP contribution in [0.1, 0.15) is 10.6 Å². The van der Waals surface area contributed by atoms with Crippen molar-refractivity contribution in [2.45, 2.75) is 0 Å². The maximum Gasteiger partial charge on any atom is 0.293 e. The highest BCUT2D eigenvalue weighted by Gasteiger charge is 2.18. The first-order valence-electron chi connectivity index (χ1n) is 5.99. The molecule has 1 heterocycles. The Morgan fingerprint density at radius 1 is 1.10 bits per heavy atom. The molecule has 3 aromatic rings. The number of rotatable bonds is 2. The molecule has 0 saturated carbocycles. The number of nitrogens with two attached hydrogens (primary N) is 1. The van der Waals surface area contributed by atoms with E-state index in [0.29, 0.717) is 22.0 Å². The summed E-state index contributed by atoms with van der Waals surface area (Å²) < 4.78 is 5.49. The Labute approximate surface area is 120 Å². The van der Waals surface area contributed by atoms with Gasteiger partial charge in [-0.1, -0.05) is 35.9 Å². The minimum absolute atomic E-state index is 0.0890. The summed E-state index contributed by atoms with van der Waals surface area (Å²) in [7, 11) is 0. The van der Waals surface area contributed by atoms with Gasteiger partial charge >= 0.3 is 0 Å². The topological polar surface area (TPSA) is 68.3 Å². The van der Waals surface area contributed by atoms with Crippen LogP contribution in [0.5, 0.6) is 0 Å². The number of carbonyl (C=O) groups excluding carboxylic acids is 1. The molecular weight excluding hydrogens is 276 g/mol. The van der Waals surface area contributed by atoms with E-state index < -0.39 is 5.91 Å². The number of hydrogen-bond donors (Lipinski definition) is 2. The molecular formula is C15H11ClN2O2. The molecule has 0 unspecified atom stereocenters. The zero-order valence-electron chi connectivity index (χ0n) is 10.4. The number of nitrogens with one attached hydrogen (secondary N) is 1. The summed E-state index contributed by atoms with van der Waals surface area (Å²) in [5.41, 5.74) is 7.36. The molecule has 0 aliphatic rings. The molecule has 4 nitrogen and oxygen atoms in total. The molecule has 0 spiro atoms. The highest BCUT2D eigenvalue weighted by Crippen LogP contribution is 2.29. The maximum atomic E-state index is 12.2. The van der Waals surface area contributed by atoms with Crippen molar-refractivity contribution in [3.63, 3.8) is 0 Å². The number of furan rings is 1. The van der Waals surface area contributed by atoms with Gasteiger partial charge in [-0.15, -0.1) is 0 Å². The maximum absolute atomic E-state index is 12.2. The Bertz CT molecular complexity index is 795. The number of hydrogen-bond acceptors (Lipinski definition) is 3. The molecule has 0 radical (unpaired) electrons. The summed E-state index contributed by atoms with van der Waals surface area (Å²) in [5, 5.41) is 3.86. The minimum atomic E-state index is -0.424. The van der Waals surface area contributed by atoms with Crippen LogP contribution < -0.4 is 11.1 Å². The van der Waals surface area contributed by atoms with Crippen LogP contribution in [0.3, 0.4) is 0 Å². The molecule has 0 bridgehead atoms. The molecule has 3 rings (SSSR count). The Kier molecular flexibility index (Phi) is 3.08. The van der Waals surface area contributed by atoms with Gasteiger partial charge in [0, 0.05) is 5.39 Å². The van der Waals surface area contributed by atoms with Gasteiger partial charge in [0.25, 0.3) is 5.91 Å². The first kappa shape index (κ1) is 12.6. The molecule has 1 aromatic heterocycles. The van der Waals surface area contributed by atoms with Crippen LogP contribution in [-0.2, 0) is 0 Å². The molecule has 0 fully saturated rings. The lowest BCUT2D eigenvalue weighted by atomic mass is 10.2. The number of para-hydroxylation sites is 2. The number of nitrogen functional groups attached to an aromatic ring is 1. The highest BCUT2D eigenvalue weighted by molar-refractivity contribution is 6.34. The van der Waals surface area contributed by atoms with Crippen molar-refractivity contribution in [3.8, 4) is 0 Å². The van der Waals surface area contributed by atoms with E-state index in [4.69, 9.17) is 21.8 Å². The van der Waals surface area contributed by atoms with Gasteiger partial charge in [-0.3, -0.25) is 4.79 Å². The van der Waals surface area contributed by atoms with Crippen molar-refractivity contribution < 1.29 is 9.21 Å². The van der Waals surface area contributed by atoms with E-state index >= 15 is 0 Å². The molecule has 5 heteroatoms. The van der Waals surface area contributed by atoms with Gasteiger partial charge in [0.2, 0.25) is 5.76 Å². The van der Waals surface area contributed by atoms with Crippen LogP contribution in [0.25, 0.3) is 11.0 Å². The third-order valence-corrected chi connectivity index (χ3v) is 3.29. The van der Waals surface area contributed by atoms with Gasteiger partial charge in [0.1, 0.15) is 5.58 Å². The van der Waals surface area contributed by atoms with Crippen molar-refractivity contribution in [1.82, 2.24) is 0 Å². The summed E-state index contributed by atoms with van der Waals surface area (Å²) in [6.07, 6.45) is 0. The van der Waals surface area contributed by atoms with Gasteiger partial charge in [-0.05, 0) is 24.3 Å². The largest absolute Gasteiger partial charge is 0.449 e. The van der Waals surface area contributed by atoms with Gasteiger partial charge in [-0.25, -0.2) is 0 Å². The predicted molar refractivity (Wildman–Crippen MR) is 80.0 cm³/mol. The zero-order chi connectivity index (χ0) is 14.1. The molecule has 3 N–H and O–H groups in total. The summed E-state index contributed by atoms with van der Waals surface area (Å²) in [6.45, 7) is 0. The fourth-order valence-corrected chi connectivity index (χ4v) is 2.16. The third-order valence-electron chi connectivity index (χ3n) is 2.96. The number of amides is 1. The number of carbonyl (C=O) groups is 1. The van der Waals surface area contributed by atoms with E-state index in [9.17, 15) is 4.79 Å². The van der Waals surface area contributed by atoms with Crippen LogP contribution >= 0.6 is 11.6 Å². The van der Waals surface area contributed by atoms with Gasteiger partial charge in [0.05, 0.1) is 16.4 Å². The van der Waals surface area contributed by atoms with Crippen molar-refractivity contribution in [1.29, 1.82) is 0 Å². The van der Waals surface area contributed by atoms with E-state index in [0.717, 1.165) is 5.39 Å². The zero-order valence-corrected chi connectivity index (χ0v) is 11.1. The fraction of sp³-hybridized carbons (Fsp3) is 0. The van der Waals surface area contributed by atoms with Crippen LogP contribution in [0.4, 0.5) is 11.4 Å². The summed E-state index contributed by atoms with van der Waals surface area (Å²) >= 11 is 6.00. The van der Waals surface area contributed by atoms with Crippen molar-refractivity contribution in [2.75, 3.05) is 11.1 Å². The molecule has 0 atom stereocenters. The second kappa shape index (κ2) is 4.90. The molecule has 2 aromatic carbocycles. The number of anilines is 2. The van der Waals surface area contributed by atoms with Crippen LogP contribution in [0, 0.1) is 0 Å². The van der Waals surface area contributed by atoms with Gasteiger partial charge < -0.3 is 15.5 Å². The molecule has 100 valence electrons. The number of benzene rings is 2. The SMILES string of the molecule is Nc1c(C(=O)Nc2ccccc2Cl)oc2ccccc12.